The maximum absolute atomic E-state index is 12.5. The highest BCUT2D eigenvalue weighted by Crippen LogP contribution is 2.44. The Kier molecular flexibility index (Phi) is 6.38. The van der Waals surface area contributed by atoms with Gasteiger partial charge in [-0.05, 0) is 35.6 Å². The number of carbonyl (C=O) groups excluding carboxylic acids is 2. The third-order valence-electron chi connectivity index (χ3n) is 5.68. The van der Waals surface area contributed by atoms with Crippen LogP contribution in [0.25, 0.3) is 11.1 Å². The number of ether oxygens (including phenoxy) is 2. The molecular formula is C23H24N2O7. The Morgan fingerprint density at radius 2 is 1.72 bits per heavy atom. The second-order valence-electron chi connectivity index (χ2n) is 7.72. The van der Waals surface area contributed by atoms with Crippen LogP contribution in [0, 0.1) is 0 Å². The Labute approximate surface area is 184 Å². The Hall–Kier alpha value is -3.43. The van der Waals surface area contributed by atoms with E-state index in [0.29, 0.717) is 6.42 Å². The van der Waals surface area contributed by atoms with E-state index in [1.54, 1.807) is 0 Å². The van der Waals surface area contributed by atoms with Crippen molar-refractivity contribution >= 4 is 18.0 Å². The average Bonchev–Trinajstić information content (AvgIpc) is 3.38. The van der Waals surface area contributed by atoms with Gasteiger partial charge >= 0.3 is 12.1 Å². The van der Waals surface area contributed by atoms with Gasteiger partial charge in [-0.15, -0.1) is 0 Å². The number of hydrogen-bond donors (Lipinski definition) is 3. The third-order valence-corrected chi connectivity index (χ3v) is 5.68. The third kappa shape index (κ3) is 4.44. The van der Waals surface area contributed by atoms with Gasteiger partial charge in [-0.3, -0.25) is 9.63 Å². The average molecular weight is 440 g/mol. The molecule has 1 unspecified atom stereocenters. The van der Waals surface area contributed by atoms with Crippen molar-refractivity contribution in [2.24, 2.45) is 0 Å². The zero-order chi connectivity index (χ0) is 22.7. The van der Waals surface area contributed by atoms with Crippen molar-refractivity contribution in [2.45, 2.75) is 37.5 Å². The van der Waals surface area contributed by atoms with Crippen LogP contribution in [-0.2, 0) is 23.9 Å². The maximum atomic E-state index is 12.5. The summed E-state index contributed by atoms with van der Waals surface area (Å²) in [7, 11) is 0. The van der Waals surface area contributed by atoms with E-state index in [-0.39, 0.29) is 19.1 Å². The van der Waals surface area contributed by atoms with Crippen LogP contribution in [0.2, 0.25) is 0 Å². The molecule has 2 aromatic carbocycles. The van der Waals surface area contributed by atoms with Gasteiger partial charge in [-0.25, -0.2) is 15.1 Å². The molecule has 0 bridgehead atoms. The Balaban J connectivity index is 1.34. The molecule has 0 radical (unpaired) electrons. The second-order valence-corrected chi connectivity index (χ2v) is 7.72. The fraction of sp³-hybridized carbons (Fsp3) is 0.348. The van der Waals surface area contributed by atoms with Crippen LogP contribution in [0.1, 0.15) is 30.4 Å². The Bertz CT molecular complexity index is 979. The van der Waals surface area contributed by atoms with E-state index >= 15 is 0 Å². The number of rotatable bonds is 7. The number of hydroxylamine groups is 1. The summed E-state index contributed by atoms with van der Waals surface area (Å²) in [4.78, 5) is 40.3. The first-order valence-corrected chi connectivity index (χ1v) is 10.4. The van der Waals surface area contributed by atoms with Crippen molar-refractivity contribution in [1.29, 1.82) is 0 Å². The van der Waals surface area contributed by atoms with Crippen LogP contribution >= 0.6 is 0 Å². The van der Waals surface area contributed by atoms with Gasteiger partial charge in [0, 0.05) is 12.5 Å². The first-order valence-electron chi connectivity index (χ1n) is 10.4. The highest BCUT2D eigenvalue weighted by molar-refractivity contribution is 5.82. The molecule has 9 heteroatoms. The molecule has 32 heavy (non-hydrogen) atoms. The standard InChI is InChI=1S/C23H24N2O7/c1-13(22(27)28)32-25-21(26)20-19(10-11-30-20)24-23(29)31-12-18-16-8-4-2-6-14(16)15-7-3-5-9-17(15)18/h2-9,13,18-20H,10-12H2,1H3,(H,24,29)(H,25,26)(H,27,28)/t13?,19-,20+/m1/s1. The lowest BCUT2D eigenvalue weighted by atomic mass is 9.98. The molecule has 1 saturated heterocycles. The van der Waals surface area contributed by atoms with Crippen molar-refractivity contribution in [1.82, 2.24) is 10.8 Å². The molecule has 3 atom stereocenters. The highest BCUT2D eigenvalue weighted by atomic mass is 16.7. The van der Waals surface area contributed by atoms with E-state index in [1.165, 1.54) is 6.92 Å². The van der Waals surface area contributed by atoms with Crippen molar-refractivity contribution in [3.05, 3.63) is 59.7 Å². The largest absolute Gasteiger partial charge is 0.479 e. The molecule has 2 aromatic rings. The number of carbonyl (C=O) groups is 3. The number of benzene rings is 2. The Morgan fingerprint density at radius 1 is 1.09 bits per heavy atom. The van der Waals surface area contributed by atoms with Crippen molar-refractivity contribution < 1.29 is 33.8 Å². The summed E-state index contributed by atoms with van der Waals surface area (Å²) in [5, 5.41) is 11.5. The van der Waals surface area contributed by atoms with Gasteiger partial charge in [0.15, 0.2) is 12.2 Å². The molecule has 1 aliphatic carbocycles. The normalized spacial score (nSPS) is 20.2. The molecule has 9 nitrogen and oxygen atoms in total. The summed E-state index contributed by atoms with van der Waals surface area (Å²) >= 11 is 0. The van der Waals surface area contributed by atoms with Gasteiger partial charge in [0.1, 0.15) is 6.61 Å². The number of carboxylic acid groups (broad SMARTS) is 1. The number of nitrogens with one attached hydrogen (secondary N) is 2. The molecule has 1 fully saturated rings. The van der Waals surface area contributed by atoms with Gasteiger partial charge in [-0.2, -0.15) is 0 Å². The fourth-order valence-corrected chi connectivity index (χ4v) is 4.04. The number of hydrogen-bond acceptors (Lipinski definition) is 6. The fourth-order valence-electron chi connectivity index (χ4n) is 4.04. The summed E-state index contributed by atoms with van der Waals surface area (Å²) in [6.07, 6.45) is -2.46. The molecule has 4 rings (SSSR count). The lowest BCUT2D eigenvalue weighted by Crippen LogP contribution is -2.49. The van der Waals surface area contributed by atoms with Crippen molar-refractivity contribution in [3.8, 4) is 11.1 Å². The van der Waals surface area contributed by atoms with Crippen LogP contribution in [0.5, 0.6) is 0 Å². The predicted molar refractivity (Wildman–Crippen MR) is 113 cm³/mol. The number of alkyl carbamates (subject to hydrolysis) is 1. The molecule has 0 saturated carbocycles. The highest BCUT2D eigenvalue weighted by Gasteiger charge is 2.37. The zero-order valence-corrected chi connectivity index (χ0v) is 17.4. The first-order chi connectivity index (χ1) is 15.5. The molecule has 1 heterocycles. The number of fused-ring (bicyclic) bond motifs is 3. The van der Waals surface area contributed by atoms with Gasteiger partial charge in [0.25, 0.3) is 5.91 Å². The lowest BCUT2D eigenvalue weighted by molar-refractivity contribution is -0.162. The van der Waals surface area contributed by atoms with Gasteiger partial charge < -0.3 is 19.9 Å². The van der Waals surface area contributed by atoms with E-state index in [9.17, 15) is 14.4 Å². The summed E-state index contributed by atoms with van der Waals surface area (Å²) in [5.41, 5.74) is 6.55. The number of carboxylic acids is 1. The summed E-state index contributed by atoms with van der Waals surface area (Å²) in [5.74, 6) is -1.96. The summed E-state index contributed by atoms with van der Waals surface area (Å²) < 4.78 is 10.9. The summed E-state index contributed by atoms with van der Waals surface area (Å²) in [6.45, 7) is 1.70. The van der Waals surface area contributed by atoms with Gasteiger partial charge in [-0.1, -0.05) is 48.5 Å². The van der Waals surface area contributed by atoms with Crippen molar-refractivity contribution in [2.75, 3.05) is 13.2 Å². The Morgan fingerprint density at radius 3 is 2.34 bits per heavy atom. The van der Waals surface area contributed by atoms with E-state index in [0.717, 1.165) is 22.3 Å². The molecule has 0 spiro atoms. The monoisotopic (exact) mass is 440 g/mol. The number of amides is 2. The maximum Gasteiger partial charge on any atom is 0.407 e. The molecule has 2 amide bonds. The molecule has 3 N–H and O–H groups in total. The van der Waals surface area contributed by atoms with E-state index in [2.05, 4.69) is 22.9 Å². The second kappa shape index (κ2) is 9.37. The van der Waals surface area contributed by atoms with Crippen LogP contribution < -0.4 is 10.8 Å². The van der Waals surface area contributed by atoms with Crippen LogP contribution in [0.3, 0.4) is 0 Å². The predicted octanol–water partition coefficient (Wildman–Crippen LogP) is 2.20. The zero-order valence-electron chi connectivity index (χ0n) is 17.4. The van der Waals surface area contributed by atoms with Crippen LogP contribution in [0.4, 0.5) is 4.79 Å². The van der Waals surface area contributed by atoms with E-state index in [4.69, 9.17) is 19.4 Å². The van der Waals surface area contributed by atoms with Gasteiger partial charge in [0.05, 0.1) is 6.04 Å². The topological polar surface area (TPSA) is 123 Å². The molecule has 168 valence electrons. The lowest BCUT2D eigenvalue weighted by Gasteiger charge is -2.20. The minimum Gasteiger partial charge on any atom is -0.479 e. The quantitative estimate of drug-likeness (QED) is 0.564. The SMILES string of the molecule is CC(ONC(=O)[C@H]1OCC[C@H]1NC(=O)OCC1c2ccccc2-c2ccccc21)C(=O)O. The smallest absolute Gasteiger partial charge is 0.407 e. The summed E-state index contributed by atoms with van der Waals surface area (Å²) in [6, 6.07) is 15.5. The number of aliphatic carboxylic acids is 1. The minimum atomic E-state index is -1.22. The van der Waals surface area contributed by atoms with E-state index < -0.39 is 36.2 Å². The van der Waals surface area contributed by atoms with Gasteiger partial charge in [0.2, 0.25) is 0 Å². The first kappa shape index (κ1) is 21.8. The molecule has 1 aliphatic heterocycles. The minimum absolute atomic E-state index is 0.0713. The molecule has 0 aromatic heterocycles. The van der Waals surface area contributed by atoms with Crippen LogP contribution in [0.15, 0.2) is 48.5 Å². The van der Waals surface area contributed by atoms with Crippen molar-refractivity contribution in [3.63, 3.8) is 0 Å². The molecule has 2 aliphatic rings. The molecular weight excluding hydrogens is 416 g/mol. The van der Waals surface area contributed by atoms with E-state index in [1.807, 2.05) is 36.4 Å². The van der Waals surface area contributed by atoms with Crippen LogP contribution in [-0.4, -0.2) is 54.5 Å².